The maximum atomic E-state index is 13.6. The number of ether oxygens (including phenoxy) is 1. The number of sulfonamides is 1. The molecule has 0 atom stereocenters. The van der Waals surface area contributed by atoms with E-state index >= 15 is 0 Å². The van der Waals surface area contributed by atoms with Crippen LogP contribution in [0.1, 0.15) is 19.3 Å². The van der Waals surface area contributed by atoms with Crippen LogP contribution in [0.5, 0.6) is 0 Å². The Hall–Kier alpha value is -1.25. The largest absolute Gasteiger partial charge is 0.396 e. The minimum Gasteiger partial charge on any atom is -0.396 e. The predicted molar refractivity (Wildman–Crippen MR) is 69.5 cm³/mol. The summed E-state index contributed by atoms with van der Waals surface area (Å²) in [5, 5.41) is 0. The number of methoxy groups -OCH3 is 1. The normalized spacial score (nSPS) is 17.8. The molecular weight excluding hydrogens is 290 g/mol. The first kappa shape index (κ1) is 15.1. The Labute approximate surface area is 116 Å². The summed E-state index contributed by atoms with van der Waals surface area (Å²) in [5.41, 5.74) is 4.32. The lowest BCUT2D eigenvalue weighted by atomic mass is 9.80. The second-order valence-corrected chi connectivity index (χ2v) is 6.60. The van der Waals surface area contributed by atoms with Gasteiger partial charge >= 0.3 is 0 Å². The van der Waals surface area contributed by atoms with Gasteiger partial charge in [-0.25, -0.2) is 21.9 Å². The summed E-state index contributed by atoms with van der Waals surface area (Å²) in [6.07, 6.45) is 2.42. The minimum absolute atomic E-state index is 0.0442. The molecule has 1 aromatic rings. The van der Waals surface area contributed by atoms with E-state index in [0.717, 1.165) is 25.3 Å². The first-order valence-electron chi connectivity index (χ1n) is 6.09. The van der Waals surface area contributed by atoms with Crippen LogP contribution in [0, 0.1) is 11.6 Å². The molecule has 0 spiro atoms. The molecule has 2 rings (SSSR count). The van der Waals surface area contributed by atoms with Gasteiger partial charge in [0.15, 0.2) is 0 Å². The van der Waals surface area contributed by atoms with E-state index in [1.807, 2.05) is 0 Å². The number of nitrogens with one attached hydrogen (secondary N) is 1. The van der Waals surface area contributed by atoms with Crippen molar-refractivity contribution in [2.24, 2.45) is 0 Å². The average Bonchev–Trinajstić information content (AvgIpc) is 2.32. The zero-order chi connectivity index (χ0) is 15.0. The summed E-state index contributed by atoms with van der Waals surface area (Å²) in [6, 6.07) is 1.23. The standard InChI is InChI=1S/C12H16F2N2O3S/c1-19-12(3-2-4-12)7-16-20(17,18)11-6-10(15)8(13)5-9(11)14/h5-6,16H,2-4,7,15H2,1H3. The average molecular weight is 306 g/mol. The Morgan fingerprint density at radius 2 is 2.00 bits per heavy atom. The van der Waals surface area contributed by atoms with Crippen LogP contribution >= 0.6 is 0 Å². The molecule has 0 unspecified atom stereocenters. The fourth-order valence-corrected chi connectivity index (χ4v) is 3.29. The van der Waals surface area contributed by atoms with E-state index in [9.17, 15) is 17.2 Å². The van der Waals surface area contributed by atoms with Gasteiger partial charge in [-0.1, -0.05) is 0 Å². The van der Waals surface area contributed by atoms with E-state index in [2.05, 4.69) is 4.72 Å². The Morgan fingerprint density at radius 3 is 2.50 bits per heavy atom. The van der Waals surface area contributed by atoms with Crippen molar-refractivity contribution in [2.45, 2.75) is 29.8 Å². The molecule has 1 aliphatic carbocycles. The summed E-state index contributed by atoms with van der Waals surface area (Å²) >= 11 is 0. The number of hydrogen-bond donors (Lipinski definition) is 2. The molecule has 1 aliphatic rings. The van der Waals surface area contributed by atoms with Crippen molar-refractivity contribution in [1.82, 2.24) is 4.72 Å². The van der Waals surface area contributed by atoms with Gasteiger partial charge in [0.1, 0.15) is 16.5 Å². The molecule has 5 nitrogen and oxygen atoms in total. The third kappa shape index (κ3) is 2.77. The molecule has 0 heterocycles. The second-order valence-electron chi connectivity index (χ2n) is 4.87. The van der Waals surface area contributed by atoms with Crippen LogP contribution in [0.3, 0.4) is 0 Å². The zero-order valence-corrected chi connectivity index (χ0v) is 11.8. The molecule has 0 aromatic heterocycles. The highest BCUT2D eigenvalue weighted by molar-refractivity contribution is 7.89. The van der Waals surface area contributed by atoms with Crippen molar-refractivity contribution < 1.29 is 21.9 Å². The molecule has 20 heavy (non-hydrogen) atoms. The SMILES string of the molecule is COC1(CNS(=O)(=O)c2cc(N)c(F)cc2F)CCC1. The number of anilines is 1. The van der Waals surface area contributed by atoms with Crippen LogP contribution in [0.25, 0.3) is 0 Å². The maximum absolute atomic E-state index is 13.6. The molecule has 1 fully saturated rings. The Morgan fingerprint density at radius 1 is 1.35 bits per heavy atom. The topological polar surface area (TPSA) is 81.4 Å². The lowest BCUT2D eigenvalue weighted by Gasteiger charge is -2.40. The summed E-state index contributed by atoms with van der Waals surface area (Å²) in [7, 11) is -2.60. The summed E-state index contributed by atoms with van der Waals surface area (Å²) < 4.78 is 58.2. The van der Waals surface area contributed by atoms with Crippen LogP contribution < -0.4 is 10.5 Å². The number of hydrogen-bond acceptors (Lipinski definition) is 4. The monoisotopic (exact) mass is 306 g/mol. The molecule has 0 radical (unpaired) electrons. The fourth-order valence-electron chi connectivity index (χ4n) is 2.08. The summed E-state index contributed by atoms with van der Waals surface area (Å²) in [6.45, 7) is 0.0442. The molecule has 0 bridgehead atoms. The fraction of sp³-hybridized carbons (Fsp3) is 0.500. The van der Waals surface area contributed by atoms with Gasteiger partial charge in [-0.05, 0) is 25.3 Å². The van der Waals surface area contributed by atoms with Gasteiger partial charge in [-0.2, -0.15) is 0 Å². The highest BCUT2D eigenvalue weighted by atomic mass is 32.2. The molecule has 0 saturated heterocycles. The number of nitrogen functional groups attached to an aromatic ring is 1. The quantitative estimate of drug-likeness (QED) is 0.806. The van der Waals surface area contributed by atoms with E-state index in [0.29, 0.717) is 6.07 Å². The third-order valence-corrected chi connectivity index (χ3v) is 5.04. The Bertz CT molecular complexity index is 610. The second kappa shape index (κ2) is 5.27. The molecule has 1 aromatic carbocycles. The van der Waals surface area contributed by atoms with Crippen molar-refractivity contribution in [2.75, 3.05) is 19.4 Å². The summed E-state index contributed by atoms with van der Waals surface area (Å²) in [5.74, 6) is -2.17. The van der Waals surface area contributed by atoms with Gasteiger partial charge in [-0.15, -0.1) is 0 Å². The Kier molecular flexibility index (Phi) is 3.99. The molecular formula is C12H16F2N2O3S. The van der Waals surface area contributed by atoms with Crippen LogP contribution in [0.4, 0.5) is 14.5 Å². The van der Waals surface area contributed by atoms with E-state index < -0.39 is 37.8 Å². The van der Waals surface area contributed by atoms with Gasteiger partial charge in [0, 0.05) is 19.7 Å². The summed E-state index contributed by atoms with van der Waals surface area (Å²) in [4.78, 5) is -0.665. The lowest BCUT2D eigenvalue weighted by Crippen LogP contribution is -2.49. The van der Waals surface area contributed by atoms with Crippen LogP contribution in [-0.4, -0.2) is 27.7 Å². The van der Waals surface area contributed by atoms with Crippen molar-refractivity contribution in [1.29, 1.82) is 0 Å². The van der Waals surface area contributed by atoms with Gasteiger partial charge in [0.2, 0.25) is 10.0 Å². The maximum Gasteiger partial charge on any atom is 0.243 e. The van der Waals surface area contributed by atoms with E-state index in [-0.39, 0.29) is 6.54 Å². The van der Waals surface area contributed by atoms with Crippen LogP contribution in [0.2, 0.25) is 0 Å². The number of benzene rings is 1. The molecule has 0 amide bonds. The number of rotatable bonds is 5. The van der Waals surface area contributed by atoms with Crippen molar-refractivity contribution in [3.63, 3.8) is 0 Å². The van der Waals surface area contributed by atoms with Crippen LogP contribution in [-0.2, 0) is 14.8 Å². The molecule has 0 aliphatic heterocycles. The lowest BCUT2D eigenvalue weighted by molar-refractivity contribution is -0.0659. The van der Waals surface area contributed by atoms with E-state index in [1.165, 1.54) is 7.11 Å². The zero-order valence-electron chi connectivity index (χ0n) is 10.9. The molecule has 8 heteroatoms. The third-order valence-electron chi connectivity index (χ3n) is 3.62. The number of nitrogens with two attached hydrogens (primary N) is 1. The molecule has 1 saturated carbocycles. The van der Waals surface area contributed by atoms with Gasteiger partial charge < -0.3 is 10.5 Å². The minimum atomic E-state index is -4.10. The van der Waals surface area contributed by atoms with Crippen molar-refractivity contribution in [3.05, 3.63) is 23.8 Å². The van der Waals surface area contributed by atoms with Crippen molar-refractivity contribution in [3.8, 4) is 0 Å². The smallest absolute Gasteiger partial charge is 0.243 e. The van der Waals surface area contributed by atoms with Gasteiger partial charge in [0.05, 0.1) is 11.3 Å². The highest BCUT2D eigenvalue weighted by Gasteiger charge is 2.38. The predicted octanol–water partition coefficient (Wildman–Crippen LogP) is 1.39. The molecule has 112 valence electrons. The van der Waals surface area contributed by atoms with Crippen molar-refractivity contribution >= 4 is 15.7 Å². The van der Waals surface area contributed by atoms with E-state index in [4.69, 9.17) is 10.5 Å². The van der Waals surface area contributed by atoms with Crippen LogP contribution in [0.15, 0.2) is 17.0 Å². The van der Waals surface area contributed by atoms with Gasteiger partial charge in [-0.3, -0.25) is 0 Å². The Balaban J connectivity index is 2.20. The first-order chi connectivity index (χ1) is 9.30. The van der Waals surface area contributed by atoms with E-state index in [1.54, 1.807) is 0 Å². The first-order valence-corrected chi connectivity index (χ1v) is 7.57. The molecule has 3 N–H and O–H groups in total. The van der Waals surface area contributed by atoms with Gasteiger partial charge in [0.25, 0.3) is 0 Å². The highest BCUT2D eigenvalue weighted by Crippen LogP contribution is 2.34. The number of halogens is 2.